The molecule has 1 rings (SSSR count). The summed E-state index contributed by atoms with van der Waals surface area (Å²) in [7, 11) is 1.71. The highest BCUT2D eigenvalue weighted by atomic mass is 16.6. The number of hydrogen-bond donors (Lipinski definition) is 1. The average molecular weight is 301 g/mol. The van der Waals surface area contributed by atoms with Crippen molar-refractivity contribution in [2.24, 2.45) is 0 Å². The number of likely N-dealkylation sites (N-methyl/N-ethyl adjacent to an activating group) is 1. The van der Waals surface area contributed by atoms with Crippen molar-refractivity contribution in [3.8, 4) is 0 Å². The van der Waals surface area contributed by atoms with Crippen molar-refractivity contribution in [1.29, 1.82) is 0 Å². The van der Waals surface area contributed by atoms with Crippen LogP contribution in [0.5, 0.6) is 0 Å². The third-order valence-electron chi connectivity index (χ3n) is 4.14. The molecule has 1 fully saturated rings. The summed E-state index contributed by atoms with van der Waals surface area (Å²) >= 11 is 0. The van der Waals surface area contributed by atoms with Crippen molar-refractivity contribution in [1.82, 2.24) is 5.32 Å². The van der Waals surface area contributed by atoms with Gasteiger partial charge in [-0.15, -0.1) is 0 Å². The lowest BCUT2D eigenvalue weighted by Gasteiger charge is -2.44. The van der Waals surface area contributed by atoms with Crippen LogP contribution in [0.1, 0.15) is 58.8 Å². The largest absolute Gasteiger partial charge is 0.382 e. The first-order valence-corrected chi connectivity index (χ1v) is 8.79. The molecule has 1 N–H and O–H groups in total. The van der Waals surface area contributed by atoms with Crippen LogP contribution in [0.4, 0.5) is 0 Å². The molecule has 126 valence electrons. The van der Waals surface area contributed by atoms with E-state index in [1.165, 1.54) is 38.5 Å². The summed E-state index contributed by atoms with van der Waals surface area (Å²) < 4.78 is 16.9. The first kappa shape index (κ1) is 18.9. The monoisotopic (exact) mass is 301 g/mol. The molecule has 0 amide bonds. The fraction of sp³-hybridized carbons (Fsp3) is 1.00. The van der Waals surface area contributed by atoms with Crippen molar-refractivity contribution in [3.63, 3.8) is 0 Å². The zero-order valence-corrected chi connectivity index (χ0v) is 14.2. The van der Waals surface area contributed by atoms with Crippen LogP contribution in [0, 0.1) is 0 Å². The van der Waals surface area contributed by atoms with Crippen LogP contribution in [0.2, 0.25) is 0 Å². The van der Waals surface area contributed by atoms with E-state index >= 15 is 0 Å². The molecule has 0 bridgehead atoms. The quantitative estimate of drug-likeness (QED) is 0.500. The molecule has 0 radical (unpaired) electrons. The summed E-state index contributed by atoms with van der Waals surface area (Å²) in [4.78, 5) is 0. The Labute approximate surface area is 130 Å². The van der Waals surface area contributed by atoms with Crippen LogP contribution in [0.25, 0.3) is 0 Å². The average Bonchev–Trinajstić information content (AvgIpc) is 2.48. The molecule has 0 saturated heterocycles. The highest BCUT2D eigenvalue weighted by molar-refractivity contribution is 4.97. The van der Waals surface area contributed by atoms with Gasteiger partial charge in [0.05, 0.1) is 25.4 Å². The van der Waals surface area contributed by atoms with Crippen LogP contribution >= 0.6 is 0 Å². The molecule has 0 aromatic rings. The maximum Gasteiger partial charge on any atom is 0.0991 e. The SMILES string of the molecule is CCCCCCCCOC1CC(NCC)C1OCCOC. The number of methoxy groups -OCH3 is 1. The molecular formula is C17H35NO3. The highest BCUT2D eigenvalue weighted by Gasteiger charge is 2.42. The van der Waals surface area contributed by atoms with Gasteiger partial charge in [0.1, 0.15) is 0 Å². The summed E-state index contributed by atoms with van der Waals surface area (Å²) in [5.41, 5.74) is 0. The summed E-state index contributed by atoms with van der Waals surface area (Å²) in [6, 6.07) is 0.446. The topological polar surface area (TPSA) is 39.7 Å². The summed E-state index contributed by atoms with van der Waals surface area (Å²) in [6.45, 7) is 7.55. The maximum atomic E-state index is 6.00. The van der Waals surface area contributed by atoms with Gasteiger partial charge in [0.15, 0.2) is 0 Å². The van der Waals surface area contributed by atoms with Crippen LogP contribution in [-0.2, 0) is 14.2 Å². The second-order valence-electron chi connectivity index (χ2n) is 5.91. The van der Waals surface area contributed by atoms with Gasteiger partial charge < -0.3 is 19.5 Å². The summed E-state index contributed by atoms with van der Waals surface area (Å²) in [6.07, 6.45) is 9.38. The van der Waals surface area contributed by atoms with Crippen molar-refractivity contribution in [3.05, 3.63) is 0 Å². The first-order valence-electron chi connectivity index (χ1n) is 8.79. The van der Waals surface area contributed by atoms with E-state index in [-0.39, 0.29) is 12.2 Å². The lowest BCUT2D eigenvalue weighted by Crippen LogP contribution is -2.60. The molecule has 1 aliphatic carbocycles. The molecule has 1 aliphatic rings. The minimum Gasteiger partial charge on any atom is -0.382 e. The standard InChI is InChI=1S/C17H35NO3/c1-4-6-7-8-9-10-11-20-16-14-15(18-5-2)17(16)21-13-12-19-3/h15-18H,4-14H2,1-3H3. The molecule has 3 unspecified atom stereocenters. The van der Waals surface area contributed by atoms with Gasteiger partial charge in [-0.1, -0.05) is 46.0 Å². The van der Waals surface area contributed by atoms with Gasteiger partial charge in [-0.2, -0.15) is 0 Å². The van der Waals surface area contributed by atoms with E-state index in [0.717, 1.165) is 19.6 Å². The van der Waals surface area contributed by atoms with Gasteiger partial charge in [-0.05, 0) is 19.4 Å². The maximum absolute atomic E-state index is 6.00. The van der Waals surface area contributed by atoms with Crippen LogP contribution in [0.3, 0.4) is 0 Å². The predicted molar refractivity (Wildman–Crippen MR) is 86.8 cm³/mol. The smallest absolute Gasteiger partial charge is 0.0991 e. The minimum absolute atomic E-state index is 0.195. The lowest BCUT2D eigenvalue weighted by molar-refractivity contribution is -0.152. The molecule has 0 spiro atoms. The molecule has 4 nitrogen and oxygen atoms in total. The molecule has 0 aromatic heterocycles. The van der Waals surface area contributed by atoms with E-state index < -0.39 is 0 Å². The van der Waals surface area contributed by atoms with Crippen molar-refractivity contribution >= 4 is 0 Å². The van der Waals surface area contributed by atoms with Gasteiger partial charge in [0, 0.05) is 19.8 Å². The number of hydrogen-bond acceptors (Lipinski definition) is 4. The predicted octanol–water partition coefficient (Wildman–Crippen LogP) is 3.15. The molecule has 4 heteroatoms. The summed E-state index contributed by atoms with van der Waals surface area (Å²) in [5.74, 6) is 0. The van der Waals surface area contributed by atoms with E-state index in [1.807, 2.05) is 0 Å². The van der Waals surface area contributed by atoms with Crippen molar-refractivity contribution in [2.45, 2.75) is 77.0 Å². The molecular weight excluding hydrogens is 266 g/mol. The fourth-order valence-corrected chi connectivity index (χ4v) is 2.81. The van der Waals surface area contributed by atoms with E-state index in [0.29, 0.717) is 19.3 Å². The van der Waals surface area contributed by atoms with Gasteiger partial charge in [0.25, 0.3) is 0 Å². The zero-order valence-electron chi connectivity index (χ0n) is 14.2. The van der Waals surface area contributed by atoms with Crippen molar-refractivity contribution < 1.29 is 14.2 Å². The third-order valence-corrected chi connectivity index (χ3v) is 4.14. The van der Waals surface area contributed by atoms with Gasteiger partial charge >= 0.3 is 0 Å². The molecule has 0 aromatic carbocycles. The Morgan fingerprint density at radius 3 is 2.38 bits per heavy atom. The Morgan fingerprint density at radius 1 is 0.905 bits per heavy atom. The number of nitrogens with one attached hydrogen (secondary N) is 1. The van der Waals surface area contributed by atoms with Gasteiger partial charge in [0.2, 0.25) is 0 Å². The van der Waals surface area contributed by atoms with Crippen molar-refractivity contribution in [2.75, 3.05) is 33.5 Å². The fourth-order valence-electron chi connectivity index (χ4n) is 2.81. The Hall–Kier alpha value is -0.160. The van der Waals surface area contributed by atoms with Gasteiger partial charge in [-0.3, -0.25) is 0 Å². The molecule has 21 heavy (non-hydrogen) atoms. The second kappa shape index (κ2) is 12.4. The minimum atomic E-state index is 0.195. The molecule has 0 aliphatic heterocycles. The Bertz CT molecular complexity index is 238. The Morgan fingerprint density at radius 2 is 1.67 bits per heavy atom. The van der Waals surface area contributed by atoms with E-state index in [4.69, 9.17) is 14.2 Å². The number of ether oxygens (including phenoxy) is 3. The molecule has 0 heterocycles. The first-order chi connectivity index (χ1) is 10.3. The second-order valence-corrected chi connectivity index (χ2v) is 5.91. The van der Waals surface area contributed by atoms with Crippen LogP contribution in [0.15, 0.2) is 0 Å². The van der Waals surface area contributed by atoms with E-state index in [9.17, 15) is 0 Å². The number of unbranched alkanes of at least 4 members (excludes halogenated alkanes) is 5. The highest BCUT2D eigenvalue weighted by Crippen LogP contribution is 2.27. The third kappa shape index (κ3) is 7.59. The Balaban J connectivity index is 2.08. The van der Waals surface area contributed by atoms with Crippen LogP contribution in [-0.4, -0.2) is 51.7 Å². The van der Waals surface area contributed by atoms with E-state index in [2.05, 4.69) is 19.2 Å². The normalized spacial score (nSPS) is 25.0. The summed E-state index contributed by atoms with van der Waals surface area (Å²) in [5, 5.41) is 3.47. The molecule has 3 atom stereocenters. The van der Waals surface area contributed by atoms with Gasteiger partial charge in [-0.25, -0.2) is 0 Å². The Kier molecular flexibility index (Phi) is 11.1. The van der Waals surface area contributed by atoms with Crippen LogP contribution < -0.4 is 5.32 Å². The lowest BCUT2D eigenvalue weighted by atomic mass is 9.85. The van der Waals surface area contributed by atoms with E-state index in [1.54, 1.807) is 7.11 Å². The zero-order chi connectivity index (χ0) is 15.3. The molecule has 1 saturated carbocycles. The number of rotatable bonds is 14.